The molecule has 1 fully saturated rings. The molecule has 3 rings (SSSR count). The Kier molecular flexibility index (Phi) is 4.07. The van der Waals surface area contributed by atoms with Gasteiger partial charge >= 0.3 is 0 Å². The number of carbonyl (C=O) groups excluding carboxylic acids is 1. The van der Waals surface area contributed by atoms with Crippen LogP contribution in [0.1, 0.15) is 30.3 Å². The van der Waals surface area contributed by atoms with Gasteiger partial charge in [-0.2, -0.15) is 5.10 Å². The van der Waals surface area contributed by atoms with E-state index in [-0.39, 0.29) is 11.9 Å². The van der Waals surface area contributed by atoms with Gasteiger partial charge in [0.1, 0.15) is 0 Å². The lowest BCUT2D eigenvalue weighted by atomic mass is 9.90. The Hall–Kier alpha value is -1.66. The van der Waals surface area contributed by atoms with Crippen LogP contribution >= 0.6 is 11.3 Å². The number of nitrogens with one attached hydrogen (secondary N) is 1. The summed E-state index contributed by atoms with van der Waals surface area (Å²) in [7, 11) is 0. The zero-order valence-corrected chi connectivity index (χ0v) is 12.9. The monoisotopic (exact) mass is 304 g/mol. The van der Waals surface area contributed by atoms with Gasteiger partial charge < -0.3 is 10.6 Å². The number of likely N-dealkylation sites (tertiary alicyclic amines) is 1. The third-order valence-corrected chi connectivity index (χ3v) is 5.10. The van der Waals surface area contributed by atoms with Gasteiger partial charge in [0.2, 0.25) is 0 Å². The van der Waals surface area contributed by atoms with E-state index in [1.54, 1.807) is 11.3 Å². The Morgan fingerprint density at radius 2 is 2.48 bits per heavy atom. The van der Waals surface area contributed by atoms with Crippen LogP contribution in [0.4, 0.5) is 0 Å². The van der Waals surface area contributed by atoms with E-state index in [1.807, 2.05) is 28.5 Å². The summed E-state index contributed by atoms with van der Waals surface area (Å²) in [6, 6.07) is 5.95. The fraction of sp³-hybridized carbons (Fsp3) is 0.467. The molecule has 0 radical (unpaired) electrons. The number of aromatic nitrogens is 2. The molecule has 21 heavy (non-hydrogen) atoms. The van der Waals surface area contributed by atoms with Crippen LogP contribution in [0.25, 0.3) is 10.6 Å². The molecule has 1 saturated heterocycles. The summed E-state index contributed by atoms with van der Waals surface area (Å²) in [5.74, 6) is 0.430. The van der Waals surface area contributed by atoms with Crippen molar-refractivity contribution in [2.45, 2.75) is 25.8 Å². The molecular weight excluding hydrogens is 284 g/mol. The molecule has 0 unspecified atom stereocenters. The first-order valence-electron chi connectivity index (χ1n) is 7.31. The van der Waals surface area contributed by atoms with Crippen molar-refractivity contribution in [2.24, 2.45) is 11.7 Å². The van der Waals surface area contributed by atoms with Crippen LogP contribution in [0.2, 0.25) is 0 Å². The molecule has 0 aromatic carbocycles. The predicted molar refractivity (Wildman–Crippen MR) is 84.2 cm³/mol. The lowest BCUT2D eigenvalue weighted by molar-refractivity contribution is 0.0526. The van der Waals surface area contributed by atoms with Crippen molar-refractivity contribution < 1.29 is 4.79 Å². The predicted octanol–water partition coefficient (Wildman–Crippen LogP) is 2.34. The second-order valence-corrected chi connectivity index (χ2v) is 6.51. The molecule has 0 bridgehead atoms. The molecule has 0 saturated carbocycles. The van der Waals surface area contributed by atoms with Crippen molar-refractivity contribution >= 4 is 17.2 Å². The van der Waals surface area contributed by atoms with Crippen molar-refractivity contribution in [2.75, 3.05) is 13.1 Å². The molecule has 2 atom stereocenters. The minimum Gasteiger partial charge on any atom is -0.333 e. The Bertz CT molecular complexity index is 607. The number of nitrogens with zero attached hydrogens (tertiary/aromatic N) is 2. The SMILES string of the molecule is C[C@H]1CCCN(C(=O)c2cc(-c3cccs3)[nH]n2)[C@H]1CN. The number of hydrogen-bond donors (Lipinski definition) is 2. The van der Waals surface area contributed by atoms with Gasteiger partial charge in [0, 0.05) is 19.1 Å². The standard InChI is InChI=1S/C15H20N4OS/c1-10-4-2-6-19(13(10)9-16)15(20)12-8-11(17-18-12)14-5-3-7-21-14/h3,5,7-8,10,13H,2,4,6,9,16H2,1H3,(H,17,18)/t10-,13-/m0/s1. The number of nitrogens with two attached hydrogens (primary N) is 1. The molecule has 1 amide bonds. The number of rotatable bonds is 3. The van der Waals surface area contributed by atoms with Gasteiger partial charge in [0.05, 0.1) is 10.6 Å². The molecule has 3 heterocycles. The van der Waals surface area contributed by atoms with Crippen molar-refractivity contribution in [1.82, 2.24) is 15.1 Å². The highest BCUT2D eigenvalue weighted by atomic mass is 32.1. The molecule has 6 heteroatoms. The van der Waals surface area contributed by atoms with Crippen LogP contribution < -0.4 is 5.73 Å². The minimum absolute atomic E-state index is 0.0175. The van der Waals surface area contributed by atoms with Gasteiger partial charge in [-0.25, -0.2) is 0 Å². The van der Waals surface area contributed by atoms with Crippen molar-refractivity contribution in [3.8, 4) is 10.6 Å². The van der Waals surface area contributed by atoms with Gasteiger partial charge in [0.15, 0.2) is 5.69 Å². The molecule has 1 aliphatic rings. The zero-order valence-electron chi connectivity index (χ0n) is 12.1. The maximum absolute atomic E-state index is 12.7. The number of hydrogen-bond acceptors (Lipinski definition) is 4. The lowest BCUT2D eigenvalue weighted by Crippen LogP contribution is -2.51. The first kappa shape index (κ1) is 14.3. The van der Waals surface area contributed by atoms with Crippen molar-refractivity contribution in [3.05, 3.63) is 29.3 Å². The average Bonchev–Trinajstić information content (AvgIpc) is 3.16. The molecule has 2 aromatic heterocycles. The van der Waals surface area contributed by atoms with Crippen LogP contribution in [0.15, 0.2) is 23.6 Å². The van der Waals surface area contributed by atoms with Gasteiger partial charge in [-0.15, -0.1) is 11.3 Å². The fourth-order valence-corrected chi connectivity index (χ4v) is 3.69. The zero-order chi connectivity index (χ0) is 14.8. The number of amides is 1. The fourth-order valence-electron chi connectivity index (χ4n) is 3.00. The average molecular weight is 304 g/mol. The number of aromatic amines is 1. The molecule has 3 N–H and O–H groups in total. The van der Waals surface area contributed by atoms with E-state index in [0.29, 0.717) is 18.2 Å². The van der Waals surface area contributed by atoms with Gasteiger partial charge in [-0.3, -0.25) is 9.89 Å². The highest BCUT2D eigenvalue weighted by molar-refractivity contribution is 7.13. The molecule has 0 aliphatic carbocycles. The van der Waals surface area contributed by atoms with Crippen LogP contribution in [0, 0.1) is 5.92 Å². The molecule has 1 aliphatic heterocycles. The number of H-pyrrole nitrogens is 1. The summed E-state index contributed by atoms with van der Waals surface area (Å²) in [5.41, 5.74) is 7.23. The van der Waals surface area contributed by atoms with Gasteiger partial charge in [-0.05, 0) is 36.3 Å². The number of carbonyl (C=O) groups is 1. The molecular formula is C15H20N4OS. The van der Waals surface area contributed by atoms with Gasteiger partial charge in [-0.1, -0.05) is 13.0 Å². The van der Waals surface area contributed by atoms with Crippen LogP contribution in [0.5, 0.6) is 0 Å². The first-order chi connectivity index (χ1) is 10.2. The van der Waals surface area contributed by atoms with Crippen LogP contribution in [-0.2, 0) is 0 Å². The van der Waals surface area contributed by atoms with Gasteiger partial charge in [0.25, 0.3) is 5.91 Å². The quantitative estimate of drug-likeness (QED) is 0.914. The second-order valence-electron chi connectivity index (χ2n) is 5.57. The van der Waals surface area contributed by atoms with E-state index in [1.165, 1.54) is 0 Å². The summed E-state index contributed by atoms with van der Waals surface area (Å²) in [5, 5.41) is 9.15. The summed E-state index contributed by atoms with van der Waals surface area (Å²) in [4.78, 5) is 15.7. The Morgan fingerprint density at radius 3 is 3.19 bits per heavy atom. The highest BCUT2D eigenvalue weighted by Crippen LogP contribution is 2.26. The number of piperidine rings is 1. The Labute approximate surface area is 128 Å². The van der Waals surface area contributed by atoms with E-state index in [9.17, 15) is 4.79 Å². The highest BCUT2D eigenvalue weighted by Gasteiger charge is 2.32. The number of thiophene rings is 1. The largest absolute Gasteiger partial charge is 0.333 e. The maximum atomic E-state index is 12.7. The third-order valence-electron chi connectivity index (χ3n) is 4.20. The van der Waals surface area contributed by atoms with Crippen molar-refractivity contribution in [3.63, 3.8) is 0 Å². The summed E-state index contributed by atoms with van der Waals surface area (Å²) < 4.78 is 0. The normalized spacial score (nSPS) is 22.5. The van der Waals surface area contributed by atoms with E-state index >= 15 is 0 Å². The van der Waals surface area contributed by atoms with E-state index < -0.39 is 0 Å². The summed E-state index contributed by atoms with van der Waals surface area (Å²) in [6.45, 7) is 3.44. The van der Waals surface area contributed by atoms with Crippen LogP contribution in [-0.4, -0.2) is 40.1 Å². The smallest absolute Gasteiger partial charge is 0.274 e. The lowest BCUT2D eigenvalue weighted by Gasteiger charge is -2.39. The Morgan fingerprint density at radius 1 is 1.62 bits per heavy atom. The minimum atomic E-state index is -0.0175. The van der Waals surface area contributed by atoms with E-state index in [0.717, 1.165) is 30.0 Å². The van der Waals surface area contributed by atoms with E-state index in [2.05, 4.69) is 17.1 Å². The maximum Gasteiger partial charge on any atom is 0.274 e. The second kappa shape index (κ2) is 5.99. The molecule has 5 nitrogen and oxygen atoms in total. The molecule has 2 aromatic rings. The molecule has 112 valence electrons. The van der Waals surface area contributed by atoms with E-state index in [4.69, 9.17) is 5.73 Å². The van der Waals surface area contributed by atoms with Crippen LogP contribution in [0.3, 0.4) is 0 Å². The topological polar surface area (TPSA) is 75.0 Å². The third kappa shape index (κ3) is 2.73. The summed E-state index contributed by atoms with van der Waals surface area (Å²) >= 11 is 1.63. The summed E-state index contributed by atoms with van der Waals surface area (Å²) in [6.07, 6.45) is 2.16. The Balaban J connectivity index is 1.81. The molecule has 0 spiro atoms. The van der Waals surface area contributed by atoms with Crippen molar-refractivity contribution in [1.29, 1.82) is 0 Å². The first-order valence-corrected chi connectivity index (χ1v) is 8.19.